The molecule has 0 atom stereocenters. The Morgan fingerprint density at radius 1 is 1.46 bits per heavy atom. The topological polar surface area (TPSA) is 76.1 Å². The fraction of sp³-hybridized carbons (Fsp3) is 0.222. The number of nitrogens with one attached hydrogen (secondary N) is 1. The molecule has 13 heavy (non-hydrogen) atoms. The summed E-state index contributed by atoms with van der Waals surface area (Å²) in [5, 5.41) is 0. The third kappa shape index (κ3) is 2.76. The molecule has 0 unspecified atom stereocenters. The second-order valence-electron chi connectivity index (χ2n) is 2.52. The lowest BCUT2D eigenvalue weighted by molar-refractivity contribution is -0.120. The van der Waals surface area contributed by atoms with Gasteiger partial charge in [0.15, 0.2) is 6.61 Å². The first-order valence-corrected chi connectivity index (χ1v) is 3.89. The highest BCUT2D eigenvalue weighted by atomic mass is 16.5. The number of benzene rings is 1. The number of nitrogens with two attached hydrogens (primary N) is 1. The number of carbonyl (C=O) groups excluding carboxylic acids is 1. The van der Waals surface area contributed by atoms with Crippen molar-refractivity contribution in [2.45, 2.75) is 6.54 Å². The molecule has 1 aromatic carbocycles. The molecule has 1 aromatic rings. The van der Waals surface area contributed by atoms with Gasteiger partial charge in [0, 0.05) is 12.1 Å². The van der Waals surface area contributed by atoms with Crippen LogP contribution in [0.4, 0.5) is 0 Å². The molecule has 0 fully saturated rings. The van der Waals surface area contributed by atoms with E-state index in [1.807, 2.05) is 12.1 Å². The van der Waals surface area contributed by atoms with Gasteiger partial charge in [0.2, 0.25) is 0 Å². The van der Waals surface area contributed by atoms with Crippen LogP contribution >= 0.6 is 0 Å². The lowest BCUT2D eigenvalue weighted by Crippen LogP contribution is -2.12. The van der Waals surface area contributed by atoms with E-state index in [1.165, 1.54) is 0 Å². The van der Waals surface area contributed by atoms with Gasteiger partial charge >= 0.3 is 0 Å². The lowest BCUT2D eigenvalue weighted by atomic mass is 10.2. The van der Waals surface area contributed by atoms with Crippen molar-refractivity contribution in [3.63, 3.8) is 0 Å². The normalized spacial score (nSPS) is 9.62. The third-order valence-corrected chi connectivity index (χ3v) is 1.55. The molecule has 0 saturated carbocycles. The quantitative estimate of drug-likeness (QED) is 0.723. The van der Waals surface area contributed by atoms with Crippen LogP contribution in [0.1, 0.15) is 5.56 Å². The molecule has 0 aliphatic carbocycles. The van der Waals surface area contributed by atoms with E-state index in [-0.39, 0.29) is 6.61 Å². The maximum Gasteiger partial charge on any atom is 0.276 e. The van der Waals surface area contributed by atoms with Gasteiger partial charge in [0.05, 0.1) is 0 Å². The molecule has 0 spiro atoms. The predicted octanol–water partition coefficient (Wildman–Crippen LogP) is 0.334. The minimum Gasteiger partial charge on any atom is -0.483 e. The molecule has 69 valence electrons. The van der Waals surface area contributed by atoms with Crippen molar-refractivity contribution in [2.75, 3.05) is 6.61 Å². The molecule has 1 radical (unpaired) electrons. The van der Waals surface area contributed by atoms with Crippen LogP contribution in [0.25, 0.3) is 0 Å². The Balaban J connectivity index is 2.69. The zero-order valence-corrected chi connectivity index (χ0v) is 7.12. The van der Waals surface area contributed by atoms with Crippen molar-refractivity contribution < 1.29 is 9.53 Å². The van der Waals surface area contributed by atoms with E-state index in [9.17, 15) is 4.79 Å². The predicted molar refractivity (Wildman–Crippen MR) is 47.9 cm³/mol. The number of carbonyl (C=O) groups is 1. The van der Waals surface area contributed by atoms with E-state index in [0.29, 0.717) is 12.3 Å². The van der Waals surface area contributed by atoms with Crippen LogP contribution < -0.4 is 16.2 Å². The molecular weight excluding hydrogens is 168 g/mol. The molecule has 3 N–H and O–H groups in total. The summed E-state index contributed by atoms with van der Waals surface area (Å²) in [5.74, 6) is -0.169. The summed E-state index contributed by atoms with van der Waals surface area (Å²) in [6, 6.07) is 7.19. The minimum atomic E-state index is -0.744. The molecule has 4 heteroatoms. The van der Waals surface area contributed by atoms with E-state index >= 15 is 0 Å². The van der Waals surface area contributed by atoms with Gasteiger partial charge < -0.3 is 10.5 Å². The van der Waals surface area contributed by atoms with Crippen LogP contribution in [0.15, 0.2) is 24.3 Å². The average Bonchev–Trinajstić information content (AvgIpc) is 2.15. The van der Waals surface area contributed by atoms with Crippen LogP contribution in [-0.2, 0) is 11.3 Å². The SMILES string of the molecule is [NH]C(=O)COc1ccccc1CN. The van der Waals surface area contributed by atoms with Gasteiger partial charge in [-0.1, -0.05) is 18.2 Å². The van der Waals surface area contributed by atoms with Gasteiger partial charge in [-0.25, -0.2) is 0 Å². The summed E-state index contributed by atoms with van der Waals surface area (Å²) in [7, 11) is 0. The van der Waals surface area contributed by atoms with Gasteiger partial charge in [-0.3, -0.25) is 10.5 Å². The highest BCUT2D eigenvalue weighted by Gasteiger charge is 2.02. The Morgan fingerprint density at radius 2 is 2.15 bits per heavy atom. The molecule has 1 rings (SSSR count). The summed E-state index contributed by atoms with van der Waals surface area (Å²) in [6.45, 7) is 0.138. The van der Waals surface area contributed by atoms with Crippen LogP contribution in [0, 0.1) is 0 Å². The Hall–Kier alpha value is -1.55. The Bertz CT molecular complexity index is 299. The lowest BCUT2D eigenvalue weighted by Gasteiger charge is -2.07. The molecular formula is C9H11N2O2. The zero-order valence-electron chi connectivity index (χ0n) is 7.12. The van der Waals surface area contributed by atoms with Gasteiger partial charge in [-0.05, 0) is 6.07 Å². The highest BCUT2D eigenvalue weighted by Crippen LogP contribution is 2.16. The van der Waals surface area contributed by atoms with Crippen LogP contribution in [0.2, 0.25) is 0 Å². The number of hydrogen-bond acceptors (Lipinski definition) is 3. The standard InChI is InChI=1S/C9H11N2O2/c10-5-7-3-1-2-4-8(7)13-6-9(11)12/h1-4,11H,5-6,10H2. The number of rotatable bonds is 4. The second-order valence-corrected chi connectivity index (χ2v) is 2.52. The summed E-state index contributed by atoms with van der Waals surface area (Å²) >= 11 is 0. The average molecular weight is 179 g/mol. The number of ether oxygens (including phenoxy) is 1. The van der Waals surface area contributed by atoms with Crippen molar-refractivity contribution in [3.05, 3.63) is 29.8 Å². The monoisotopic (exact) mass is 179 g/mol. The van der Waals surface area contributed by atoms with Gasteiger partial charge in [0.1, 0.15) is 5.75 Å². The minimum absolute atomic E-state index is 0.225. The molecule has 0 aromatic heterocycles. The summed E-state index contributed by atoms with van der Waals surface area (Å²) in [5.41, 5.74) is 12.9. The van der Waals surface area contributed by atoms with Crippen LogP contribution in [0.3, 0.4) is 0 Å². The van der Waals surface area contributed by atoms with E-state index in [2.05, 4.69) is 0 Å². The van der Waals surface area contributed by atoms with Crippen LogP contribution in [-0.4, -0.2) is 12.5 Å². The van der Waals surface area contributed by atoms with E-state index in [0.717, 1.165) is 5.56 Å². The molecule has 0 bridgehead atoms. The molecule has 0 heterocycles. The van der Waals surface area contributed by atoms with Crippen molar-refractivity contribution >= 4 is 5.91 Å². The van der Waals surface area contributed by atoms with Crippen molar-refractivity contribution in [1.82, 2.24) is 5.73 Å². The Labute approximate surface area is 76.5 Å². The Morgan fingerprint density at radius 3 is 2.77 bits per heavy atom. The van der Waals surface area contributed by atoms with E-state index < -0.39 is 5.91 Å². The zero-order chi connectivity index (χ0) is 9.68. The number of para-hydroxylation sites is 1. The van der Waals surface area contributed by atoms with E-state index in [4.69, 9.17) is 16.2 Å². The summed E-state index contributed by atoms with van der Waals surface area (Å²) in [4.78, 5) is 10.3. The maximum atomic E-state index is 10.3. The molecule has 0 saturated heterocycles. The first-order chi connectivity index (χ1) is 6.24. The smallest absolute Gasteiger partial charge is 0.276 e. The third-order valence-electron chi connectivity index (χ3n) is 1.55. The second kappa shape index (κ2) is 4.47. The Kier molecular flexibility index (Phi) is 3.28. The van der Waals surface area contributed by atoms with Crippen molar-refractivity contribution in [3.8, 4) is 5.75 Å². The molecule has 4 nitrogen and oxygen atoms in total. The van der Waals surface area contributed by atoms with Crippen molar-refractivity contribution in [1.29, 1.82) is 0 Å². The first-order valence-electron chi connectivity index (χ1n) is 3.89. The molecule has 0 aliphatic rings. The number of amides is 1. The maximum absolute atomic E-state index is 10.3. The first kappa shape index (κ1) is 9.54. The molecule has 0 aliphatic heterocycles. The number of hydrogen-bond donors (Lipinski definition) is 1. The fourth-order valence-corrected chi connectivity index (χ4v) is 0.957. The van der Waals surface area contributed by atoms with Gasteiger partial charge in [-0.2, -0.15) is 0 Å². The highest BCUT2D eigenvalue weighted by molar-refractivity contribution is 5.74. The van der Waals surface area contributed by atoms with E-state index in [1.54, 1.807) is 12.1 Å². The van der Waals surface area contributed by atoms with Gasteiger partial charge in [0.25, 0.3) is 5.91 Å². The largest absolute Gasteiger partial charge is 0.483 e. The van der Waals surface area contributed by atoms with Crippen LogP contribution in [0.5, 0.6) is 5.75 Å². The summed E-state index contributed by atoms with van der Waals surface area (Å²) in [6.07, 6.45) is 0. The summed E-state index contributed by atoms with van der Waals surface area (Å²) < 4.78 is 5.07. The van der Waals surface area contributed by atoms with Gasteiger partial charge in [-0.15, -0.1) is 0 Å². The van der Waals surface area contributed by atoms with Crippen molar-refractivity contribution in [2.24, 2.45) is 5.73 Å². The molecule has 1 amide bonds. The fourth-order valence-electron chi connectivity index (χ4n) is 0.957.